The van der Waals surface area contributed by atoms with Crippen LogP contribution in [0.1, 0.15) is 62.3 Å². The van der Waals surface area contributed by atoms with E-state index >= 15 is 0 Å². The number of hydrogen-bond acceptors (Lipinski definition) is 11. The molecule has 0 saturated carbocycles. The number of carbonyl (C=O) groups excluding carboxylic acids is 4. The van der Waals surface area contributed by atoms with Crippen molar-refractivity contribution in [2.24, 2.45) is 11.1 Å². The average Bonchev–Trinajstić information content (AvgIpc) is 2.86. The number of halogens is 2. The molecule has 0 aliphatic rings. The van der Waals surface area contributed by atoms with Crippen molar-refractivity contribution in [1.82, 2.24) is 0 Å². The summed E-state index contributed by atoms with van der Waals surface area (Å²) in [7, 11) is 0.303. The number of ether oxygens (including phenoxy) is 2. The van der Waals surface area contributed by atoms with Gasteiger partial charge in [0.25, 0.3) is 9.05 Å². The van der Waals surface area contributed by atoms with Crippen LogP contribution in [0.15, 0.2) is 58.3 Å². The fourth-order valence-electron chi connectivity index (χ4n) is 2.91. The molecule has 0 aliphatic carbocycles. The Hall–Kier alpha value is -2.84. The van der Waals surface area contributed by atoms with Crippen molar-refractivity contribution in [2.75, 3.05) is 20.0 Å². The highest BCUT2D eigenvalue weighted by Crippen LogP contribution is 2.24. The molecule has 2 N–H and O–H groups in total. The quantitative estimate of drug-likeness (QED) is 0.244. The molecule has 0 bridgehead atoms. The fraction of sp³-hybridized carbons (Fsp3) is 0.407. The van der Waals surface area contributed by atoms with Crippen LogP contribution >= 0.6 is 23.1 Å². The molecule has 236 valence electrons. The summed E-state index contributed by atoms with van der Waals surface area (Å²) in [6.07, 6.45) is 0. The number of sulfone groups is 1. The first kappa shape index (κ1) is 41.3. The first-order valence-electron chi connectivity index (χ1n) is 11.8. The van der Waals surface area contributed by atoms with Crippen molar-refractivity contribution in [3.8, 4) is 0 Å². The molecule has 2 rings (SSSR count). The number of carbonyl (C=O) groups is 4. The molecular weight excluding hydrogens is 633 g/mol. The largest absolute Gasteiger partial charge is 0.469 e. The minimum absolute atomic E-state index is 0. The Morgan fingerprint density at radius 2 is 1.05 bits per heavy atom. The summed E-state index contributed by atoms with van der Waals surface area (Å²) in [6, 6.07) is 11.1. The lowest BCUT2D eigenvalue weighted by Gasteiger charge is -2.21. The van der Waals surface area contributed by atoms with Crippen LogP contribution in [0.2, 0.25) is 0 Å². The highest BCUT2D eigenvalue weighted by molar-refractivity contribution is 8.13. The van der Waals surface area contributed by atoms with E-state index in [0.717, 1.165) is 0 Å². The molecule has 0 saturated heterocycles. The Bertz CT molecular complexity index is 1450. The highest BCUT2D eigenvalue weighted by atomic mass is 35.7. The first-order chi connectivity index (χ1) is 18.5. The molecule has 0 aliphatic heterocycles. The van der Waals surface area contributed by atoms with Gasteiger partial charge in [0.15, 0.2) is 21.4 Å². The summed E-state index contributed by atoms with van der Waals surface area (Å²) in [4.78, 5) is 44.1. The van der Waals surface area contributed by atoms with Gasteiger partial charge in [0.2, 0.25) is 0 Å². The smallest absolute Gasteiger partial charge is 0.325 e. The molecule has 2 aromatic carbocycles. The van der Waals surface area contributed by atoms with Gasteiger partial charge in [-0.05, 0) is 65.8 Å². The summed E-state index contributed by atoms with van der Waals surface area (Å²) in [6.45, 7) is 9.03. The monoisotopic (exact) mass is 669 g/mol. The summed E-state index contributed by atoms with van der Waals surface area (Å²) in [5.74, 6) is -1.58. The summed E-state index contributed by atoms with van der Waals surface area (Å²) in [5.41, 5.74) is 4.23. The van der Waals surface area contributed by atoms with Crippen molar-refractivity contribution in [3.05, 3.63) is 59.7 Å². The number of hydrogen-bond donors (Lipinski definition) is 1. The number of benzene rings is 2. The van der Waals surface area contributed by atoms with Crippen LogP contribution in [0.3, 0.4) is 0 Å². The van der Waals surface area contributed by atoms with E-state index in [1.54, 1.807) is 13.8 Å². The van der Waals surface area contributed by atoms with E-state index in [4.69, 9.17) is 16.4 Å². The van der Waals surface area contributed by atoms with E-state index in [0.29, 0.717) is 11.1 Å². The van der Waals surface area contributed by atoms with Crippen LogP contribution in [0.4, 0.5) is 0 Å². The number of nitrogens with two attached hydrogens (primary N) is 1. The van der Waals surface area contributed by atoms with Crippen LogP contribution < -0.4 is 5.73 Å². The van der Waals surface area contributed by atoms with Gasteiger partial charge >= 0.3 is 11.9 Å². The second kappa shape index (κ2) is 16.7. The summed E-state index contributed by atoms with van der Waals surface area (Å²) < 4.78 is 55.1. The number of methoxy groups -OCH3 is 2. The van der Waals surface area contributed by atoms with Gasteiger partial charge in [0.05, 0.1) is 35.2 Å². The average molecular weight is 671 g/mol. The van der Waals surface area contributed by atoms with E-state index in [1.807, 2.05) is 0 Å². The van der Waals surface area contributed by atoms with Gasteiger partial charge < -0.3 is 15.2 Å². The lowest BCUT2D eigenvalue weighted by Crippen LogP contribution is -2.42. The third-order valence-corrected chi connectivity index (χ3v) is 8.62. The molecule has 0 radical (unpaired) electrons. The van der Waals surface area contributed by atoms with Crippen molar-refractivity contribution >= 4 is 65.5 Å². The maximum atomic E-state index is 12.3. The first-order valence-corrected chi connectivity index (χ1v) is 15.8. The van der Waals surface area contributed by atoms with Crippen LogP contribution in [0.25, 0.3) is 0 Å². The fourth-order valence-corrected chi connectivity index (χ4v) is 5.46. The van der Waals surface area contributed by atoms with E-state index < -0.39 is 41.8 Å². The molecule has 15 heteroatoms. The van der Waals surface area contributed by atoms with Gasteiger partial charge in [-0.25, -0.2) is 16.8 Å². The third kappa shape index (κ3) is 13.9. The predicted octanol–water partition coefficient (Wildman–Crippen LogP) is 4.00. The summed E-state index contributed by atoms with van der Waals surface area (Å²) >= 11 is 0. The lowest BCUT2D eigenvalue weighted by molar-refractivity contribution is -0.149. The molecule has 11 nitrogen and oxygen atoms in total. The SMILES string of the molecule is CC(=O)c1ccc(S(=O)(=O)Cl)cc1.COC(=O)C(C)(C)CS(=O)(=O)c1ccc(C(C)=O)cc1.COC(=O)C(C)(C)N.Cl. The van der Waals surface area contributed by atoms with E-state index in [2.05, 4.69) is 9.47 Å². The molecule has 42 heavy (non-hydrogen) atoms. The zero-order valence-corrected chi connectivity index (χ0v) is 27.8. The predicted molar refractivity (Wildman–Crippen MR) is 161 cm³/mol. The standard InChI is InChI=1S/C14H18O5S.C8H7ClO3S.C5H11NO2.ClH/c1-10(15)11-5-7-12(8-6-11)20(17,18)9-14(2,3)13(16)19-4;1-6(10)7-2-4-8(5-3-7)13(9,11)12;1-5(2,6)4(7)8-3;/h5-8H,9H2,1-4H3;2-5H,1H3;6H2,1-3H3;1H. The zero-order chi connectivity index (χ0) is 32.4. The molecule has 0 heterocycles. The minimum atomic E-state index is -3.68. The maximum Gasteiger partial charge on any atom is 0.325 e. The van der Waals surface area contributed by atoms with Crippen molar-refractivity contribution in [1.29, 1.82) is 0 Å². The number of Topliss-reactive ketones (excluding diaryl/α,β-unsaturated/α-hetero) is 2. The van der Waals surface area contributed by atoms with Gasteiger partial charge in [0.1, 0.15) is 5.54 Å². The molecule has 0 fully saturated rings. The van der Waals surface area contributed by atoms with Crippen molar-refractivity contribution < 1.29 is 45.5 Å². The lowest BCUT2D eigenvalue weighted by atomic mass is 9.97. The van der Waals surface area contributed by atoms with Gasteiger partial charge in [-0.15, -0.1) is 12.4 Å². The van der Waals surface area contributed by atoms with Gasteiger partial charge in [0, 0.05) is 21.8 Å². The Morgan fingerprint density at radius 3 is 1.29 bits per heavy atom. The Balaban J connectivity index is 0. The second-order valence-electron chi connectivity index (χ2n) is 9.95. The molecule has 0 aromatic heterocycles. The van der Waals surface area contributed by atoms with Gasteiger partial charge in [-0.2, -0.15) is 0 Å². The molecule has 0 atom stereocenters. The second-order valence-corrected chi connectivity index (χ2v) is 14.5. The molecule has 0 amide bonds. The Labute approximate surface area is 257 Å². The molecular formula is C27H37Cl2NO10S2. The van der Waals surface area contributed by atoms with E-state index in [-0.39, 0.29) is 39.5 Å². The highest BCUT2D eigenvalue weighted by Gasteiger charge is 2.35. The van der Waals surface area contributed by atoms with Crippen LogP contribution in [-0.4, -0.2) is 65.9 Å². The number of rotatable bonds is 8. The zero-order valence-electron chi connectivity index (χ0n) is 24.6. The number of ketones is 2. The van der Waals surface area contributed by atoms with E-state index in [1.165, 1.54) is 90.4 Å². The van der Waals surface area contributed by atoms with Crippen molar-refractivity contribution in [3.63, 3.8) is 0 Å². The molecule has 0 unspecified atom stereocenters. The van der Waals surface area contributed by atoms with Crippen LogP contribution in [0.5, 0.6) is 0 Å². The molecule has 2 aromatic rings. The topological polar surface area (TPSA) is 181 Å². The number of esters is 2. The van der Waals surface area contributed by atoms with Crippen molar-refractivity contribution in [2.45, 2.75) is 56.9 Å². The van der Waals surface area contributed by atoms with Crippen LogP contribution in [-0.2, 0) is 38.0 Å². The molecule has 0 spiro atoms. The third-order valence-electron chi connectivity index (χ3n) is 5.16. The Morgan fingerprint density at radius 1 is 0.714 bits per heavy atom. The Kier molecular flexibility index (Phi) is 16.4. The van der Waals surface area contributed by atoms with E-state index in [9.17, 15) is 36.0 Å². The van der Waals surface area contributed by atoms with Crippen LogP contribution in [0, 0.1) is 5.41 Å². The maximum absolute atomic E-state index is 12.3. The normalized spacial score (nSPS) is 11.3. The minimum Gasteiger partial charge on any atom is -0.469 e. The summed E-state index contributed by atoms with van der Waals surface area (Å²) in [5, 5.41) is 0. The van der Waals surface area contributed by atoms with Gasteiger partial charge in [-0.1, -0.05) is 24.3 Å². The van der Waals surface area contributed by atoms with Gasteiger partial charge in [-0.3, -0.25) is 19.2 Å².